The van der Waals surface area contributed by atoms with E-state index in [0.717, 1.165) is 38.0 Å². The maximum Gasteiger partial charge on any atom is 0.277 e. The van der Waals surface area contributed by atoms with Crippen LogP contribution in [0, 0.1) is 5.92 Å². The fraction of sp³-hybridized carbons (Fsp3) is 0.500. The van der Waals surface area contributed by atoms with Crippen LogP contribution < -0.4 is 10.1 Å². The number of amides is 1. The van der Waals surface area contributed by atoms with Crippen LogP contribution in [0.15, 0.2) is 30.3 Å². The number of hydrogen-bond acceptors (Lipinski definition) is 5. The van der Waals surface area contributed by atoms with Crippen molar-refractivity contribution in [3.05, 3.63) is 41.6 Å². The lowest BCUT2D eigenvalue weighted by atomic mass is 9.84. The molecule has 1 aromatic carbocycles. The van der Waals surface area contributed by atoms with Crippen molar-refractivity contribution in [1.82, 2.24) is 25.2 Å². The molecule has 0 spiro atoms. The molecule has 4 heterocycles. The third-order valence-electron chi connectivity index (χ3n) is 5.25. The van der Waals surface area contributed by atoms with Crippen LogP contribution in [-0.4, -0.2) is 58.6 Å². The molecule has 132 valence electrons. The van der Waals surface area contributed by atoms with Gasteiger partial charge in [0.25, 0.3) is 5.91 Å². The predicted molar refractivity (Wildman–Crippen MR) is 92.5 cm³/mol. The number of nitrogens with zero attached hydrogens (tertiary/aromatic N) is 4. The number of carbonyl (C=O) groups is 1. The smallest absolute Gasteiger partial charge is 0.277 e. The standard InChI is InChI=1S/C18H23N5O2/c1-25-18-16(20-21-23(18)11-13-5-3-2-4-6-13)17(24)19-15-12-22-9-7-14(15)8-10-22/h2-6,14-15H,7-12H2,1H3,(H,19,24). The predicted octanol–water partition coefficient (Wildman–Crippen LogP) is 1.16. The summed E-state index contributed by atoms with van der Waals surface area (Å²) >= 11 is 0. The first kappa shape index (κ1) is 16.1. The van der Waals surface area contributed by atoms with Crippen molar-refractivity contribution in [3.8, 4) is 5.88 Å². The highest BCUT2D eigenvalue weighted by atomic mass is 16.5. The number of benzene rings is 1. The van der Waals surface area contributed by atoms with Crippen LogP contribution in [0.5, 0.6) is 5.88 Å². The number of rotatable bonds is 5. The van der Waals surface area contributed by atoms with Crippen molar-refractivity contribution in [3.63, 3.8) is 0 Å². The van der Waals surface area contributed by atoms with Gasteiger partial charge < -0.3 is 15.0 Å². The molecule has 25 heavy (non-hydrogen) atoms. The van der Waals surface area contributed by atoms with Crippen LogP contribution in [0.3, 0.4) is 0 Å². The Labute approximate surface area is 147 Å². The van der Waals surface area contributed by atoms with E-state index in [0.29, 0.717) is 18.3 Å². The normalized spacial score (nSPS) is 24.9. The van der Waals surface area contributed by atoms with Gasteiger partial charge in [-0.15, -0.1) is 5.10 Å². The first-order chi connectivity index (χ1) is 12.2. The highest BCUT2D eigenvalue weighted by molar-refractivity contribution is 5.94. The van der Waals surface area contributed by atoms with E-state index < -0.39 is 0 Å². The zero-order valence-electron chi connectivity index (χ0n) is 14.4. The highest BCUT2D eigenvalue weighted by Crippen LogP contribution is 2.28. The van der Waals surface area contributed by atoms with Gasteiger partial charge in [-0.05, 0) is 37.4 Å². The molecule has 3 aliphatic heterocycles. The van der Waals surface area contributed by atoms with Gasteiger partial charge in [0.1, 0.15) is 0 Å². The summed E-state index contributed by atoms with van der Waals surface area (Å²) in [6.07, 6.45) is 2.31. The second kappa shape index (κ2) is 6.84. The number of carbonyl (C=O) groups excluding carboxylic acids is 1. The Morgan fingerprint density at radius 2 is 2.04 bits per heavy atom. The van der Waals surface area contributed by atoms with E-state index in [1.165, 1.54) is 0 Å². The molecule has 1 N–H and O–H groups in total. The lowest BCUT2D eigenvalue weighted by molar-refractivity contribution is 0.0616. The lowest BCUT2D eigenvalue weighted by Gasteiger charge is -2.44. The van der Waals surface area contributed by atoms with E-state index in [1.54, 1.807) is 11.8 Å². The Balaban J connectivity index is 1.49. The van der Waals surface area contributed by atoms with E-state index >= 15 is 0 Å². The molecule has 2 aromatic rings. The third kappa shape index (κ3) is 3.24. The van der Waals surface area contributed by atoms with Crippen LogP contribution in [0.1, 0.15) is 28.9 Å². The quantitative estimate of drug-likeness (QED) is 0.883. The molecule has 5 rings (SSSR count). The molecule has 2 bridgehead atoms. The molecule has 0 aliphatic carbocycles. The van der Waals surface area contributed by atoms with Gasteiger partial charge in [0.05, 0.1) is 13.7 Å². The van der Waals surface area contributed by atoms with Gasteiger partial charge >= 0.3 is 0 Å². The van der Waals surface area contributed by atoms with Crippen LogP contribution in [-0.2, 0) is 6.54 Å². The fourth-order valence-electron chi connectivity index (χ4n) is 3.87. The van der Waals surface area contributed by atoms with E-state index in [4.69, 9.17) is 4.74 Å². The van der Waals surface area contributed by atoms with Crippen LogP contribution in [0.2, 0.25) is 0 Å². The van der Waals surface area contributed by atoms with Crippen LogP contribution >= 0.6 is 0 Å². The molecule has 3 saturated heterocycles. The van der Waals surface area contributed by atoms with Gasteiger partial charge in [-0.1, -0.05) is 35.5 Å². The molecule has 1 atom stereocenters. The minimum atomic E-state index is -0.199. The Bertz CT molecular complexity index is 737. The maximum absolute atomic E-state index is 12.7. The van der Waals surface area contributed by atoms with E-state index in [2.05, 4.69) is 20.5 Å². The van der Waals surface area contributed by atoms with Crippen molar-refractivity contribution in [2.75, 3.05) is 26.7 Å². The molecule has 7 heteroatoms. The minimum absolute atomic E-state index is 0.193. The average molecular weight is 341 g/mol. The molecule has 7 nitrogen and oxygen atoms in total. The fourth-order valence-corrected chi connectivity index (χ4v) is 3.87. The molecule has 1 aromatic heterocycles. The molecule has 0 radical (unpaired) electrons. The van der Waals surface area contributed by atoms with Crippen molar-refractivity contribution < 1.29 is 9.53 Å². The zero-order valence-corrected chi connectivity index (χ0v) is 14.4. The average Bonchev–Trinajstić information content (AvgIpc) is 3.06. The number of fused-ring (bicyclic) bond motifs is 3. The topological polar surface area (TPSA) is 72.3 Å². The van der Waals surface area contributed by atoms with Crippen LogP contribution in [0.4, 0.5) is 0 Å². The SMILES string of the molecule is COc1c(C(=O)NC2CN3CCC2CC3)nnn1Cc1ccccc1. The van der Waals surface area contributed by atoms with Crippen LogP contribution in [0.25, 0.3) is 0 Å². The van der Waals surface area contributed by atoms with Crippen molar-refractivity contribution in [2.24, 2.45) is 5.92 Å². The molecule has 3 fully saturated rings. The zero-order chi connectivity index (χ0) is 17.2. The van der Waals surface area contributed by atoms with Gasteiger partial charge in [-0.2, -0.15) is 0 Å². The Kier molecular flexibility index (Phi) is 4.40. The lowest BCUT2D eigenvalue weighted by Crippen LogP contribution is -2.57. The molecular formula is C18H23N5O2. The second-order valence-corrected chi connectivity index (χ2v) is 6.81. The first-order valence-electron chi connectivity index (χ1n) is 8.79. The number of nitrogens with one attached hydrogen (secondary N) is 1. The Hall–Kier alpha value is -2.41. The largest absolute Gasteiger partial charge is 0.479 e. The van der Waals surface area contributed by atoms with Crippen molar-refractivity contribution in [2.45, 2.75) is 25.4 Å². The molecule has 0 saturated carbocycles. The number of piperidine rings is 3. The van der Waals surface area contributed by atoms with E-state index in [1.807, 2.05) is 30.3 Å². The number of aromatic nitrogens is 3. The summed E-state index contributed by atoms with van der Waals surface area (Å²) in [4.78, 5) is 15.1. The molecule has 1 amide bonds. The Morgan fingerprint density at radius 1 is 1.28 bits per heavy atom. The summed E-state index contributed by atoms with van der Waals surface area (Å²) in [5.41, 5.74) is 1.34. The summed E-state index contributed by atoms with van der Waals surface area (Å²) in [7, 11) is 1.55. The third-order valence-corrected chi connectivity index (χ3v) is 5.25. The monoisotopic (exact) mass is 341 g/mol. The summed E-state index contributed by atoms with van der Waals surface area (Å²) < 4.78 is 7.05. The number of methoxy groups -OCH3 is 1. The van der Waals surface area contributed by atoms with Gasteiger partial charge in [0, 0.05) is 12.6 Å². The van der Waals surface area contributed by atoms with Crippen molar-refractivity contribution >= 4 is 5.91 Å². The number of hydrogen-bond donors (Lipinski definition) is 1. The van der Waals surface area contributed by atoms with E-state index in [9.17, 15) is 4.79 Å². The maximum atomic E-state index is 12.7. The molecule has 1 unspecified atom stereocenters. The van der Waals surface area contributed by atoms with Gasteiger partial charge in [-0.3, -0.25) is 4.79 Å². The first-order valence-corrected chi connectivity index (χ1v) is 8.79. The summed E-state index contributed by atoms with van der Waals surface area (Å²) in [6.45, 7) is 3.74. The second-order valence-electron chi connectivity index (χ2n) is 6.81. The number of ether oxygens (including phenoxy) is 1. The summed E-state index contributed by atoms with van der Waals surface area (Å²) in [5.74, 6) is 0.775. The van der Waals surface area contributed by atoms with Gasteiger partial charge in [0.15, 0.2) is 0 Å². The summed E-state index contributed by atoms with van der Waals surface area (Å²) in [5, 5.41) is 11.3. The summed E-state index contributed by atoms with van der Waals surface area (Å²) in [6, 6.07) is 10.1. The molecule has 3 aliphatic rings. The van der Waals surface area contributed by atoms with Crippen molar-refractivity contribution in [1.29, 1.82) is 0 Å². The minimum Gasteiger partial charge on any atom is -0.479 e. The highest BCUT2D eigenvalue weighted by Gasteiger charge is 2.36. The van der Waals surface area contributed by atoms with E-state index in [-0.39, 0.29) is 17.6 Å². The molecular weight excluding hydrogens is 318 g/mol. The Morgan fingerprint density at radius 3 is 2.68 bits per heavy atom. The van der Waals surface area contributed by atoms with Gasteiger partial charge in [-0.25, -0.2) is 4.68 Å². The van der Waals surface area contributed by atoms with Gasteiger partial charge in [0.2, 0.25) is 11.6 Å².